The number of hydrogen-bond donors (Lipinski definition) is 3. The fourth-order valence-corrected chi connectivity index (χ4v) is 2.86. The van der Waals surface area contributed by atoms with Crippen molar-refractivity contribution >= 4 is 5.97 Å². The van der Waals surface area contributed by atoms with Crippen LogP contribution >= 0.6 is 0 Å². The van der Waals surface area contributed by atoms with E-state index in [4.69, 9.17) is 5.11 Å². The molecule has 1 aromatic rings. The number of carbonyl (C=O) groups is 1. The van der Waals surface area contributed by atoms with Crippen molar-refractivity contribution in [1.82, 2.24) is 4.98 Å². The molecule has 0 spiro atoms. The summed E-state index contributed by atoms with van der Waals surface area (Å²) in [6, 6.07) is 1.66. The monoisotopic (exact) mass is 279 g/mol. The van der Waals surface area contributed by atoms with Crippen molar-refractivity contribution in [3.63, 3.8) is 0 Å². The lowest BCUT2D eigenvalue weighted by Gasteiger charge is -2.30. The second-order valence-corrected chi connectivity index (χ2v) is 5.50. The van der Waals surface area contributed by atoms with Crippen LogP contribution < -0.4 is 0 Å². The molecule has 5 nitrogen and oxygen atoms in total. The number of carboxylic acid groups (broad SMARTS) is 1. The van der Waals surface area contributed by atoms with Gasteiger partial charge in [0.25, 0.3) is 0 Å². The average molecular weight is 279 g/mol. The maximum Gasteiger partial charge on any atom is 0.337 e. The molecule has 1 aromatic heterocycles. The second-order valence-electron chi connectivity index (χ2n) is 5.50. The number of carboxylic acids is 1. The first-order valence-corrected chi connectivity index (χ1v) is 7.02. The van der Waals surface area contributed by atoms with Crippen LogP contribution in [-0.4, -0.2) is 38.5 Å². The summed E-state index contributed by atoms with van der Waals surface area (Å²) >= 11 is 0. The van der Waals surface area contributed by atoms with Crippen LogP contribution in [0.25, 0.3) is 0 Å². The molecule has 3 unspecified atom stereocenters. The van der Waals surface area contributed by atoms with Gasteiger partial charge in [-0.25, -0.2) is 4.79 Å². The molecule has 2 rings (SSSR count). The molecule has 3 N–H and O–H groups in total. The molecule has 0 bridgehead atoms. The second kappa shape index (κ2) is 5.89. The van der Waals surface area contributed by atoms with Crippen molar-refractivity contribution in [1.29, 1.82) is 0 Å². The Kier molecular flexibility index (Phi) is 4.40. The zero-order valence-electron chi connectivity index (χ0n) is 11.8. The standard InChI is InChI=1S/C15H21NO4/c1-3-13(17)14(18)9-4-5-12-10(6-9)7-11(15(19)20)8(2)16-12/h7,9,13-14,17-18H,3-6H2,1-2H3,(H,19,20). The molecular formula is C15H21NO4. The highest BCUT2D eigenvalue weighted by Gasteiger charge is 2.30. The predicted molar refractivity (Wildman–Crippen MR) is 73.8 cm³/mol. The number of nitrogens with zero attached hydrogens (tertiary/aromatic N) is 1. The average Bonchev–Trinajstić information content (AvgIpc) is 2.44. The van der Waals surface area contributed by atoms with Crippen molar-refractivity contribution in [2.24, 2.45) is 5.92 Å². The van der Waals surface area contributed by atoms with Gasteiger partial charge in [0.05, 0.1) is 23.5 Å². The quantitative estimate of drug-likeness (QED) is 0.773. The Morgan fingerprint density at radius 3 is 2.80 bits per heavy atom. The minimum Gasteiger partial charge on any atom is -0.478 e. The van der Waals surface area contributed by atoms with E-state index in [1.165, 1.54) is 0 Å². The van der Waals surface area contributed by atoms with Crippen LogP contribution in [0.1, 0.15) is 47.1 Å². The minimum absolute atomic E-state index is 0.0383. The van der Waals surface area contributed by atoms with Crippen LogP contribution in [0.3, 0.4) is 0 Å². The molecule has 0 aliphatic heterocycles. The van der Waals surface area contributed by atoms with Gasteiger partial charge in [-0.1, -0.05) is 6.92 Å². The number of aliphatic hydroxyl groups excluding tert-OH is 2. The number of aromatic carboxylic acids is 1. The van der Waals surface area contributed by atoms with Gasteiger partial charge in [0.1, 0.15) is 0 Å². The smallest absolute Gasteiger partial charge is 0.337 e. The van der Waals surface area contributed by atoms with Gasteiger partial charge in [0.15, 0.2) is 0 Å². The first-order valence-electron chi connectivity index (χ1n) is 7.02. The van der Waals surface area contributed by atoms with E-state index in [1.54, 1.807) is 13.0 Å². The lowest BCUT2D eigenvalue weighted by Crippen LogP contribution is -2.36. The maximum atomic E-state index is 11.1. The molecule has 110 valence electrons. The molecule has 0 aromatic carbocycles. The van der Waals surface area contributed by atoms with Crippen molar-refractivity contribution in [2.75, 3.05) is 0 Å². The molecule has 5 heteroatoms. The van der Waals surface area contributed by atoms with Crippen LogP contribution in [0.2, 0.25) is 0 Å². The molecule has 1 aliphatic carbocycles. The van der Waals surface area contributed by atoms with E-state index in [9.17, 15) is 15.0 Å². The highest BCUT2D eigenvalue weighted by Crippen LogP contribution is 2.29. The Morgan fingerprint density at radius 2 is 2.20 bits per heavy atom. The summed E-state index contributed by atoms with van der Waals surface area (Å²) in [5.74, 6) is -1.02. The number of aryl methyl sites for hydroxylation is 2. The normalized spacial score (nSPS) is 21.1. The summed E-state index contributed by atoms with van der Waals surface area (Å²) in [6.45, 7) is 3.53. The van der Waals surface area contributed by atoms with E-state index in [-0.39, 0.29) is 11.5 Å². The summed E-state index contributed by atoms with van der Waals surface area (Å²) in [6.07, 6.45) is 1.08. The molecule has 20 heavy (non-hydrogen) atoms. The summed E-state index contributed by atoms with van der Waals surface area (Å²) < 4.78 is 0. The fourth-order valence-electron chi connectivity index (χ4n) is 2.86. The number of pyridine rings is 1. The Bertz CT molecular complexity index is 515. The molecule has 1 aliphatic rings. The van der Waals surface area contributed by atoms with Crippen molar-refractivity contribution < 1.29 is 20.1 Å². The third-order valence-corrected chi connectivity index (χ3v) is 4.14. The molecule has 0 radical (unpaired) electrons. The highest BCUT2D eigenvalue weighted by atomic mass is 16.4. The Hall–Kier alpha value is -1.46. The minimum atomic E-state index is -0.978. The van der Waals surface area contributed by atoms with E-state index < -0.39 is 18.2 Å². The van der Waals surface area contributed by atoms with Gasteiger partial charge in [-0.3, -0.25) is 4.98 Å². The van der Waals surface area contributed by atoms with E-state index in [2.05, 4.69) is 4.98 Å². The zero-order chi connectivity index (χ0) is 14.9. The number of aliphatic hydroxyl groups is 2. The number of aromatic nitrogens is 1. The molecule has 0 saturated carbocycles. The van der Waals surface area contributed by atoms with E-state index in [1.807, 2.05) is 6.92 Å². The van der Waals surface area contributed by atoms with Gasteiger partial charge in [-0.05, 0) is 50.2 Å². The van der Waals surface area contributed by atoms with Crippen molar-refractivity contribution in [3.8, 4) is 0 Å². The number of hydrogen-bond acceptors (Lipinski definition) is 4. The lowest BCUT2D eigenvalue weighted by molar-refractivity contribution is -0.0224. The topological polar surface area (TPSA) is 90.7 Å². The molecule has 0 fully saturated rings. The third kappa shape index (κ3) is 2.83. The molecular weight excluding hydrogens is 258 g/mol. The predicted octanol–water partition coefficient (Wildman–Crippen LogP) is 1.32. The lowest BCUT2D eigenvalue weighted by atomic mass is 9.80. The SMILES string of the molecule is CCC(O)C(O)C1CCc2nc(C)c(C(=O)O)cc2C1. The third-order valence-electron chi connectivity index (χ3n) is 4.14. The molecule has 1 heterocycles. The van der Waals surface area contributed by atoms with Crippen LogP contribution in [-0.2, 0) is 12.8 Å². The summed E-state index contributed by atoms with van der Waals surface area (Å²) in [5, 5.41) is 29.0. The Balaban J connectivity index is 2.25. The van der Waals surface area contributed by atoms with Gasteiger partial charge in [-0.2, -0.15) is 0 Å². The van der Waals surface area contributed by atoms with Crippen molar-refractivity contribution in [2.45, 2.75) is 51.7 Å². The van der Waals surface area contributed by atoms with Crippen LogP contribution in [0.15, 0.2) is 6.07 Å². The Labute approximate surface area is 118 Å². The number of rotatable bonds is 4. The van der Waals surface area contributed by atoms with E-state index >= 15 is 0 Å². The van der Waals surface area contributed by atoms with Gasteiger partial charge >= 0.3 is 5.97 Å². The first-order chi connectivity index (χ1) is 9.43. The Morgan fingerprint density at radius 1 is 1.50 bits per heavy atom. The fraction of sp³-hybridized carbons (Fsp3) is 0.600. The van der Waals surface area contributed by atoms with E-state index in [0.29, 0.717) is 25.0 Å². The van der Waals surface area contributed by atoms with Gasteiger partial charge in [0.2, 0.25) is 0 Å². The largest absolute Gasteiger partial charge is 0.478 e. The molecule has 3 atom stereocenters. The first kappa shape index (κ1) is 14.9. The van der Waals surface area contributed by atoms with Gasteiger partial charge in [0, 0.05) is 5.69 Å². The van der Waals surface area contributed by atoms with Crippen LogP contribution in [0.4, 0.5) is 0 Å². The summed E-state index contributed by atoms with van der Waals surface area (Å²) in [5.41, 5.74) is 2.55. The highest BCUT2D eigenvalue weighted by molar-refractivity contribution is 5.89. The van der Waals surface area contributed by atoms with Gasteiger partial charge < -0.3 is 15.3 Å². The summed E-state index contributed by atoms with van der Waals surface area (Å²) in [4.78, 5) is 15.5. The summed E-state index contributed by atoms with van der Waals surface area (Å²) in [7, 11) is 0. The molecule has 0 saturated heterocycles. The number of fused-ring (bicyclic) bond motifs is 1. The molecule has 0 amide bonds. The van der Waals surface area contributed by atoms with Gasteiger partial charge in [-0.15, -0.1) is 0 Å². The van der Waals surface area contributed by atoms with Crippen molar-refractivity contribution in [3.05, 3.63) is 28.6 Å². The maximum absolute atomic E-state index is 11.1. The van der Waals surface area contributed by atoms with E-state index in [0.717, 1.165) is 17.7 Å². The zero-order valence-corrected chi connectivity index (χ0v) is 11.8. The van der Waals surface area contributed by atoms with Crippen LogP contribution in [0, 0.1) is 12.8 Å². The van der Waals surface area contributed by atoms with Crippen LogP contribution in [0.5, 0.6) is 0 Å².